The van der Waals surface area contributed by atoms with E-state index in [1.165, 1.54) is 0 Å². The van der Waals surface area contributed by atoms with Crippen LogP contribution in [0, 0.1) is 13.8 Å². The molecule has 31 heavy (non-hydrogen) atoms. The molecule has 0 radical (unpaired) electrons. The van der Waals surface area contributed by atoms with Gasteiger partial charge in [-0.1, -0.05) is 11.6 Å². The molecular weight excluding hydrogens is 442 g/mol. The number of benzene rings is 1. The Morgan fingerprint density at radius 1 is 1.13 bits per heavy atom. The second kappa shape index (κ2) is 10.2. The molecule has 1 aromatic carbocycles. The zero-order valence-electron chi connectivity index (χ0n) is 18.4. The number of anilines is 1. The summed E-state index contributed by atoms with van der Waals surface area (Å²) < 4.78 is 16.1. The van der Waals surface area contributed by atoms with Crippen LogP contribution in [0.4, 0.5) is 5.00 Å². The fourth-order valence-corrected chi connectivity index (χ4v) is 3.96. The topological polar surface area (TPSA) is 90.9 Å². The molecule has 1 aromatic heterocycles. The van der Waals surface area contributed by atoms with Crippen molar-refractivity contribution in [1.82, 2.24) is 0 Å². The molecule has 0 spiro atoms. The molecule has 168 valence electrons. The van der Waals surface area contributed by atoms with E-state index in [0.717, 1.165) is 16.9 Å². The SMILES string of the molecule is CCOC(=O)c1c(NC(=O)COc2ccc(Cl)cc2C)sc(C(=O)OC(C)(C)C)c1C. The second-order valence-electron chi connectivity index (χ2n) is 7.73. The van der Waals surface area contributed by atoms with Crippen molar-refractivity contribution in [2.45, 2.75) is 47.1 Å². The number of halogens is 1. The van der Waals surface area contributed by atoms with Crippen LogP contribution in [0.2, 0.25) is 5.02 Å². The molecule has 1 N–H and O–H groups in total. The van der Waals surface area contributed by atoms with Crippen molar-refractivity contribution in [3.05, 3.63) is 44.8 Å². The van der Waals surface area contributed by atoms with Crippen LogP contribution in [0.25, 0.3) is 0 Å². The third-order valence-electron chi connectivity index (χ3n) is 3.96. The largest absolute Gasteiger partial charge is 0.483 e. The lowest BCUT2D eigenvalue weighted by Crippen LogP contribution is -2.23. The van der Waals surface area contributed by atoms with Gasteiger partial charge in [0, 0.05) is 5.02 Å². The summed E-state index contributed by atoms with van der Waals surface area (Å²) in [6.45, 7) is 10.2. The summed E-state index contributed by atoms with van der Waals surface area (Å²) >= 11 is 6.89. The van der Waals surface area contributed by atoms with E-state index in [2.05, 4.69) is 5.32 Å². The maximum absolute atomic E-state index is 12.6. The lowest BCUT2D eigenvalue weighted by molar-refractivity contribution is -0.118. The number of ether oxygens (including phenoxy) is 3. The van der Waals surface area contributed by atoms with E-state index in [-0.39, 0.29) is 28.7 Å². The lowest BCUT2D eigenvalue weighted by Gasteiger charge is -2.19. The van der Waals surface area contributed by atoms with Gasteiger partial charge in [0.25, 0.3) is 5.91 Å². The van der Waals surface area contributed by atoms with Gasteiger partial charge in [-0.25, -0.2) is 9.59 Å². The Kier molecular flexibility index (Phi) is 8.08. The fraction of sp³-hybridized carbons (Fsp3) is 0.409. The Morgan fingerprint density at radius 3 is 2.39 bits per heavy atom. The molecular formula is C22H26ClNO6S. The van der Waals surface area contributed by atoms with Crippen molar-refractivity contribution in [3.63, 3.8) is 0 Å². The van der Waals surface area contributed by atoms with Crippen molar-refractivity contribution in [2.75, 3.05) is 18.5 Å². The Balaban J connectivity index is 2.24. The highest BCUT2D eigenvalue weighted by atomic mass is 35.5. The van der Waals surface area contributed by atoms with Crippen molar-refractivity contribution in [2.24, 2.45) is 0 Å². The molecule has 0 aliphatic rings. The summed E-state index contributed by atoms with van der Waals surface area (Å²) in [7, 11) is 0. The van der Waals surface area contributed by atoms with Crippen LogP contribution in [0.5, 0.6) is 5.75 Å². The van der Waals surface area contributed by atoms with Gasteiger partial charge in [0.05, 0.1) is 12.2 Å². The number of thiophene rings is 1. The number of esters is 2. The van der Waals surface area contributed by atoms with Crippen LogP contribution in [-0.4, -0.2) is 36.7 Å². The molecule has 1 heterocycles. The standard InChI is InChI=1S/C22H26ClNO6S/c1-7-28-20(26)17-13(3)18(21(27)30-22(4,5)6)31-19(17)24-16(25)11-29-15-9-8-14(23)10-12(15)2/h8-10H,7,11H2,1-6H3,(H,24,25). The normalized spacial score (nSPS) is 11.1. The average molecular weight is 468 g/mol. The maximum atomic E-state index is 12.6. The van der Waals surface area contributed by atoms with Crippen molar-refractivity contribution in [3.8, 4) is 5.75 Å². The minimum absolute atomic E-state index is 0.128. The van der Waals surface area contributed by atoms with Gasteiger partial charge in [-0.2, -0.15) is 0 Å². The first-order valence-electron chi connectivity index (χ1n) is 9.65. The second-order valence-corrected chi connectivity index (χ2v) is 9.19. The first-order valence-corrected chi connectivity index (χ1v) is 10.8. The smallest absolute Gasteiger partial charge is 0.349 e. The molecule has 0 saturated carbocycles. The Hall–Kier alpha value is -2.58. The van der Waals surface area contributed by atoms with Gasteiger partial charge in [-0.15, -0.1) is 11.3 Å². The van der Waals surface area contributed by atoms with Crippen molar-refractivity contribution >= 4 is 45.8 Å². The molecule has 2 aromatic rings. The zero-order chi connectivity index (χ0) is 23.3. The molecule has 0 aliphatic carbocycles. The van der Waals surface area contributed by atoms with Gasteiger partial charge in [0.15, 0.2) is 6.61 Å². The van der Waals surface area contributed by atoms with E-state index in [1.807, 2.05) is 6.92 Å². The molecule has 1 amide bonds. The highest BCUT2D eigenvalue weighted by Gasteiger charge is 2.29. The molecule has 0 atom stereocenters. The van der Waals surface area contributed by atoms with Crippen LogP contribution in [0.1, 0.15) is 58.9 Å². The summed E-state index contributed by atoms with van der Waals surface area (Å²) in [5.74, 6) is -1.18. The average Bonchev–Trinajstić information content (AvgIpc) is 2.96. The monoisotopic (exact) mass is 467 g/mol. The van der Waals surface area contributed by atoms with Crippen LogP contribution in [0.15, 0.2) is 18.2 Å². The van der Waals surface area contributed by atoms with Crippen LogP contribution < -0.4 is 10.1 Å². The van der Waals surface area contributed by atoms with Gasteiger partial charge in [0.2, 0.25) is 0 Å². The molecule has 9 heteroatoms. The maximum Gasteiger partial charge on any atom is 0.349 e. The number of nitrogens with one attached hydrogen (secondary N) is 1. The van der Waals surface area contributed by atoms with Crippen LogP contribution in [-0.2, 0) is 14.3 Å². The van der Waals surface area contributed by atoms with Gasteiger partial charge >= 0.3 is 11.9 Å². The summed E-state index contributed by atoms with van der Waals surface area (Å²) in [5.41, 5.74) is 0.601. The van der Waals surface area contributed by atoms with E-state index in [0.29, 0.717) is 16.3 Å². The lowest BCUT2D eigenvalue weighted by atomic mass is 10.1. The molecule has 0 unspecified atom stereocenters. The number of aryl methyl sites for hydroxylation is 1. The third-order valence-corrected chi connectivity index (χ3v) is 5.38. The number of rotatable bonds is 7. The molecule has 2 rings (SSSR count). The van der Waals surface area contributed by atoms with Gasteiger partial charge < -0.3 is 19.5 Å². The van der Waals surface area contributed by atoms with Crippen molar-refractivity contribution < 1.29 is 28.6 Å². The van der Waals surface area contributed by atoms with Crippen LogP contribution >= 0.6 is 22.9 Å². The Bertz CT molecular complexity index is 993. The van der Waals surface area contributed by atoms with E-state index in [9.17, 15) is 14.4 Å². The molecule has 7 nitrogen and oxygen atoms in total. The van der Waals surface area contributed by atoms with E-state index < -0.39 is 23.4 Å². The predicted octanol–water partition coefficient (Wildman–Crippen LogP) is 5.17. The summed E-state index contributed by atoms with van der Waals surface area (Å²) in [4.78, 5) is 37.8. The highest BCUT2D eigenvalue weighted by Crippen LogP contribution is 2.35. The fourth-order valence-electron chi connectivity index (χ4n) is 2.65. The number of hydrogen-bond donors (Lipinski definition) is 1. The molecule has 0 fully saturated rings. The summed E-state index contributed by atoms with van der Waals surface area (Å²) in [6, 6.07) is 5.06. The van der Waals surface area contributed by atoms with E-state index >= 15 is 0 Å². The summed E-state index contributed by atoms with van der Waals surface area (Å²) in [5, 5.41) is 3.42. The van der Waals surface area contributed by atoms with Gasteiger partial charge in [0.1, 0.15) is 21.2 Å². The van der Waals surface area contributed by atoms with E-state index in [1.54, 1.807) is 52.8 Å². The van der Waals surface area contributed by atoms with Gasteiger partial charge in [-0.3, -0.25) is 4.79 Å². The van der Waals surface area contributed by atoms with Gasteiger partial charge in [-0.05, 0) is 70.9 Å². The first-order chi connectivity index (χ1) is 14.4. The highest BCUT2D eigenvalue weighted by molar-refractivity contribution is 7.18. The Labute approximate surface area is 190 Å². The minimum Gasteiger partial charge on any atom is -0.483 e. The van der Waals surface area contributed by atoms with Crippen LogP contribution in [0.3, 0.4) is 0 Å². The Morgan fingerprint density at radius 2 is 1.81 bits per heavy atom. The third kappa shape index (κ3) is 6.70. The number of hydrogen-bond acceptors (Lipinski definition) is 7. The predicted molar refractivity (Wildman–Crippen MR) is 120 cm³/mol. The number of amides is 1. The number of carbonyl (C=O) groups excluding carboxylic acids is 3. The minimum atomic E-state index is -0.703. The zero-order valence-corrected chi connectivity index (χ0v) is 20.0. The molecule has 0 saturated heterocycles. The van der Waals surface area contributed by atoms with Crippen molar-refractivity contribution in [1.29, 1.82) is 0 Å². The van der Waals surface area contributed by atoms with E-state index in [4.69, 9.17) is 25.8 Å². The molecule has 0 aliphatic heterocycles. The molecule has 0 bridgehead atoms. The number of carbonyl (C=O) groups is 3. The summed E-state index contributed by atoms with van der Waals surface area (Å²) in [6.07, 6.45) is 0. The first kappa shape index (κ1) is 24.7. The quantitative estimate of drug-likeness (QED) is 0.565.